The highest BCUT2D eigenvalue weighted by Crippen LogP contribution is 2.36. The van der Waals surface area contributed by atoms with Gasteiger partial charge in [0.05, 0.1) is 5.00 Å². The molecule has 3 heteroatoms. The van der Waals surface area contributed by atoms with E-state index in [2.05, 4.69) is 37.5 Å². The Bertz CT molecular complexity index is 559. The fourth-order valence-electron chi connectivity index (χ4n) is 2.53. The lowest BCUT2D eigenvalue weighted by Crippen LogP contribution is -2.14. The molecule has 1 amide bonds. The van der Waals surface area contributed by atoms with Crippen molar-refractivity contribution >= 4 is 22.2 Å². The van der Waals surface area contributed by atoms with Crippen molar-refractivity contribution in [1.82, 2.24) is 0 Å². The van der Waals surface area contributed by atoms with E-state index in [-0.39, 0.29) is 5.91 Å². The van der Waals surface area contributed by atoms with Crippen LogP contribution in [-0.4, -0.2) is 5.91 Å². The third kappa shape index (κ3) is 3.28. The molecule has 1 aromatic carbocycles. The number of amides is 1. The number of rotatable bonds is 5. The summed E-state index contributed by atoms with van der Waals surface area (Å²) in [6, 6.07) is 11.5. The second-order valence-corrected chi connectivity index (χ2v) is 6.20. The molecule has 20 heavy (non-hydrogen) atoms. The summed E-state index contributed by atoms with van der Waals surface area (Å²) in [5.41, 5.74) is 1.96. The number of hydrogen-bond donors (Lipinski definition) is 1. The van der Waals surface area contributed by atoms with Crippen molar-refractivity contribution in [1.29, 1.82) is 0 Å². The Morgan fingerprint density at radius 2 is 1.90 bits per heavy atom. The zero-order valence-electron chi connectivity index (χ0n) is 12.2. The summed E-state index contributed by atoms with van der Waals surface area (Å²) >= 11 is 1.60. The molecule has 2 nitrogen and oxygen atoms in total. The zero-order chi connectivity index (χ0) is 14.5. The van der Waals surface area contributed by atoms with Gasteiger partial charge in [0.1, 0.15) is 0 Å². The van der Waals surface area contributed by atoms with E-state index in [0.717, 1.165) is 11.4 Å². The van der Waals surface area contributed by atoms with Crippen LogP contribution in [0, 0.1) is 5.92 Å². The third-order valence-corrected chi connectivity index (χ3v) is 4.45. The summed E-state index contributed by atoms with van der Waals surface area (Å²) in [5, 5.41) is 6.10. The molecule has 1 atom stereocenters. The van der Waals surface area contributed by atoms with E-state index >= 15 is 0 Å². The van der Waals surface area contributed by atoms with Crippen LogP contribution in [0.15, 0.2) is 41.8 Å². The van der Waals surface area contributed by atoms with Gasteiger partial charge in [0.2, 0.25) is 0 Å². The van der Waals surface area contributed by atoms with Crippen LogP contribution in [0.5, 0.6) is 0 Å². The lowest BCUT2D eigenvalue weighted by Gasteiger charge is -2.20. The minimum atomic E-state index is -0.0343. The fourth-order valence-corrected chi connectivity index (χ4v) is 3.39. The number of benzene rings is 1. The zero-order valence-corrected chi connectivity index (χ0v) is 13.0. The molecule has 2 aromatic rings. The van der Waals surface area contributed by atoms with Crippen molar-refractivity contribution in [2.75, 3.05) is 5.32 Å². The monoisotopic (exact) mass is 287 g/mol. The minimum Gasteiger partial charge on any atom is -0.313 e. The summed E-state index contributed by atoms with van der Waals surface area (Å²) in [4.78, 5) is 12.2. The largest absolute Gasteiger partial charge is 0.313 e. The van der Waals surface area contributed by atoms with E-state index in [1.54, 1.807) is 11.3 Å². The molecule has 1 heterocycles. The first-order valence-corrected chi connectivity index (χ1v) is 7.95. The molecular weight excluding hydrogens is 266 g/mol. The van der Waals surface area contributed by atoms with Gasteiger partial charge in [-0.05, 0) is 47.4 Å². The SMILES string of the molecule is CCC(c1ccsc1NC(=O)c1ccccc1)C(C)C. The first kappa shape index (κ1) is 14.8. The topological polar surface area (TPSA) is 29.1 Å². The summed E-state index contributed by atoms with van der Waals surface area (Å²) < 4.78 is 0. The average Bonchev–Trinajstić information content (AvgIpc) is 2.88. The maximum atomic E-state index is 12.2. The number of anilines is 1. The van der Waals surface area contributed by atoms with Gasteiger partial charge in [-0.25, -0.2) is 0 Å². The van der Waals surface area contributed by atoms with E-state index in [1.807, 2.05) is 30.3 Å². The van der Waals surface area contributed by atoms with E-state index in [0.29, 0.717) is 17.4 Å². The van der Waals surface area contributed by atoms with Crippen LogP contribution in [0.3, 0.4) is 0 Å². The molecule has 0 aliphatic rings. The Balaban J connectivity index is 2.19. The first-order chi connectivity index (χ1) is 9.63. The molecule has 0 aliphatic heterocycles. The van der Waals surface area contributed by atoms with Crippen LogP contribution in [0.1, 0.15) is 49.0 Å². The van der Waals surface area contributed by atoms with E-state index < -0.39 is 0 Å². The van der Waals surface area contributed by atoms with Gasteiger partial charge in [0.15, 0.2) is 0 Å². The Morgan fingerprint density at radius 3 is 2.50 bits per heavy atom. The number of thiophene rings is 1. The van der Waals surface area contributed by atoms with Crippen molar-refractivity contribution in [3.05, 3.63) is 52.9 Å². The average molecular weight is 287 g/mol. The summed E-state index contributed by atoms with van der Waals surface area (Å²) in [6.07, 6.45) is 1.09. The summed E-state index contributed by atoms with van der Waals surface area (Å²) in [7, 11) is 0. The van der Waals surface area contributed by atoms with Crippen LogP contribution in [0.2, 0.25) is 0 Å². The standard InChI is InChI=1S/C17H21NOS/c1-4-14(12(2)3)15-10-11-20-17(15)18-16(19)13-8-6-5-7-9-13/h5-12,14H,4H2,1-3H3,(H,18,19). The van der Waals surface area contributed by atoms with Crippen LogP contribution in [0.25, 0.3) is 0 Å². The molecule has 2 rings (SSSR count). The lowest BCUT2D eigenvalue weighted by atomic mass is 9.87. The second-order valence-electron chi connectivity index (χ2n) is 5.28. The molecule has 1 aromatic heterocycles. The summed E-state index contributed by atoms with van der Waals surface area (Å²) in [6.45, 7) is 6.66. The first-order valence-electron chi connectivity index (χ1n) is 7.07. The molecule has 0 aliphatic carbocycles. The Kier molecular flexibility index (Phi) is 4.96. The highest BCUT2D eigenvalue weighted by Gasteiger charge is 2.19. The van der Waals surface area contributed by atoms with Gasteiger partial charge >= 0.3 is 0 Å². The normalized spacial score (nSPS) is 12.4. The van der Waals surface area contributed by atoms with Gasteiger partial charge in [0.25, 0.3) is 5.91 Å². The quantitative estimate of drug-likeness (QED) is 0.809. The molecular formula is C17H21NOS. The van der Waals surface area contributed by atoms with Gasteiger partial charge in [-0.15, -0.1) is 11.3 Å². The minimum absolute atomic E-state index is 0.0343. The van der Waals surface area contributed by atoms with Crippen molar-refractivity contribution in [3.8, 4) is 0 Å². The van der Waals surface area contributed by atoms with Gasteiger partial charge in [-0.1, -0.05) is 39.0 Å². The number of hydrogen-bond acceptors (Lipinski definition) is 2. The molecule has 0 saturated heterocycles. The van der Waals surface area contributed by atoms with E-state index in [9.17, 15) is 4.79 Å². The van der Waals surface area contributed by atoms with Crippen molar-refractivity contribution < 1.29 is 4.79 Å². The summed E-state index contributed by atoms with van der Waals surface area (Å²) in [5.74, 6) is 1.03. The molecule has 0 spiro atoms. The third-order valence-electron chi connectivity index (χ3n) is 3.60. The predicted molar refractivity (Wildman–Crippen MR) is 86.6 cm³/mol. The second kappa shape index (κ2) is 6.71. The van der Waals surface area contributed by atoms with Gasteiger partial charge in [-0.2, -0.15) is 0 Å². The van der Waals surface area contributed by atoms with Gasteiger partial charge in [-0.3, -0.25) is 4.79 Å². The van der Waals surface area contributed by atoms with Crippen LogP contribution in [-0.2, 0) is 0 Å². The predicted octanol–water partition coefficient (Wildman–Crippen LogP) is 5.15. The van der Waals surface area contributed by atoms with Crippen LogP contribution in [0.4, 0.5) is 5.00 Å². The highest BCUT2D eigenvalue weighted by molar-refractivity contribution is 7.14. The highest BCUT2D eigenvalue weighted by atomic mass is 32.1. The number of nitrogens with one attached hydrogen (secondary N) is 1. The van der Waals surface area contributed by atoms with Crippen molar-refractivity contribution in [2.45, 2.75) is 33.1 Å². The number of carbonyl (C=O) groups excluding carboxylic acids is 1. The van der Waals surface area contributed by atoms with E-state index in [4.69, 9.17) is 0 Å². The lowest BCUT2D eigenvalue weighted by molar-refractivity contribution is 0.102. The molecule has 1 N–H and O–H groups in total. The fraction of sp³-hybridized carbons (Fsp3) is 0.353. The molecule has 0 radical (unpaired) electrons. The molecule has 0 saturated carbocycles. The van der Waals surface area contributed by atoms with E-state index in [1.165, 1.54) is 5.56 Å². The number of carbonyl (C=O) groups is 1. The molecule has 1 unspecified atom stereocenters. The molecule has 0 bridgehead atoms. The smallest absolute Gasteiger partial charge is 0.256 e. The molecule has 0 fully saturated rings. The van der Waals surface area contributed by atoms with Crippen molar-refractivity contribution in [3.63, 3.8) is 0 Å². The molecule has 106 valence electrons. The maximum absolute atomic E-state index is 12.2. The maximum Gasteiger partial charge on any atom is 0.256 e. The van der Waals surface area contributed by atoms with Crippen molar-refractivity contribution in [2.24, 2.45) is 5.92 Å². The van der Waals surface area contributed by atoms with Gasteiger partial charge in [0, 0.05) is 5.56 Å². The Hall–Kier alpha value is -1.61. The van der Waals surface area contributed by atoms with Gasteiger partial charge < -0.3 is 5.32 Å². The van der Waals surface area contributed by atoms with Crippen LogP contribution < -0.4 is 5.32 Å². The Labute approximate surface area is 124 Å². The van der Waals surface area contributed by atoms with Crippen LogP contribution >= 0.6 is 11.3 Å². The Morgan fingerprint density at radius 1 is 1.20 bits per heavy atom.